The summed E-state index contributed by atoms with van der Waals surface area (Å²) in [6, 6.07) is 8.63. The molecule has 0 fully saturated rings. The standard InChI is InChI=1S/C13H9F3O2/c14-13(15,16)10-4-2-1-3-9(10)8-5-6-11(17)12(18)7-8/h1-7,17-18H. The molecule has 0 heterocycles. The van der Waals surface area contributed by atoms with Gasteiger partial charge in [-0.3, -0.25) is 0 Å². The van der Waals surface area contributed by atoms with Crippen molar-refractivity contribution >= 4 is 0 Å². The molecule has 0 aliphatic rings. The third-order valence-corrected chi connectivity index (χ3v) is 2.52. The fourth-order valence-electron chi connectivity index (χ4n) is 1.67. The maximum Gasteiger partial charge on any atom is 0.417 e. The highest BCUT2D eigenvalue weighted by Crippen LogP contribution is 2.38. The molecule has 0 radical (unpaired) electrons. The molecule has 0 saturated carbocycles. The quantitative estimate of drug-likeness (QED) is 0.760. The van der Waals surface area contributed by atoms with E-state index >= 15 is 0 Å². The van der Waals surface area contributed by atoms with Gasteiger partial charge in [0.2, 0.25) is 0 Å². The van der Waals surface area contributed by atoms with E-state index in [-0.39, 0.29) is 16.9 Å². The molecule has 0 unspecified atom stereocenters. The van der Waals surface area contributed by atoms with Gasteiger partial charge in [0.15, 0.2) is 11.5 Å². The second kappa shape index (κ2) is 4.25. The van der Waals surface area contributed by atoms with Crippen LogP contribution in [0.4, 0.5) is 13.2 Å². The van der Waals surface area contributed by atoms with Crippen molar-refractivity contribution in [3.8, 4) is 22.6 Å². The Labute approximate surface area is 101 Å². The SMILES string of the molecule is Oc1ccc(-c2ccccc2C(F)(F)F)cc1O. The Hall–Kier alpha value is -2.17. The molecule has 2 aromatic carbocycles. The van der Waals surface area contributed by atoms with E-state index in [1.54, 1.807) is 0 Å². The summed E-state index contributed by atoms with van der Waals surface area (Å²) in [5, 5.41) is 18.5. The topological polar surface area (TPSA) is 40.5 Å². The summed E-state index contributed by atoms with van der Waals surface area (Å²) >= 11 is 0. The van der Waals surface area contributed by atoms with Crippen LogP contribution in [0.25, 0.3) is 11.1 Å². The maximum absolute atomic E-state index is 12.8. The van der Waals surface area contributed by atoms with E-state index < -0.39 is 17.5 Å². The zero-order valence-electron chi connectivity index (χ0n) is 9.07. The van der Waals surface area contributed by atoms with Gasteiger partial charge in [0, 0.05) is 0 Å². The maximum atomic E-state index is 12.8. The molecule has 0 amide bonds. The van der Waals surface area contributed by atoms with E-state index in [4.69, 9.17) is 5.11 Å². The molecule has 0 saturated heterocycles. The molecule has 5 heteroatoms. The lowest BCUT2D eigenvalue weighted by Crippen LogP contribution is -2.06. The number of hydrogen-bond donors (Lipinski definition) is 2. The van der Waals surface area contributed by atoms with Crippen molar-refractivity contribution < 1.29 is 23.4 Å². The number of phenols is 2. The number of hydrogen-bond acceptors (Lipinski definition) is 2. The van der Waals surface area contributed by atoms with Crippen molar-refractivity contribution in [3.63, 3.8) is 0 Å². The van der Waals surface area contributed by atoms with Gasteiger partial charge in [-0.2, -0.15) is 13.2 Å². The summed E-state index contributed by atoms with van der Waals surface area (Å²) in [6.45, 7) is 0. The van der Waals surface area contributed by atoms with Gasteiger partial charge < -0.3 is 10.2 Å². The van der Waals surface area contributed by atoms with Gasteiger partial charge in [0.25, 0.3) is 0 Å². The van der Waals surface area contributed by atoms with Crippen LogP contribution in [-0.4, -0.2) is 10.2 Å². The van der Waals surface area contributed by atoms with Crippen LogP contribution in [0, 0.1) is 0 Å². The van der Waals surface area contributed by atoms with E-state index in [1.807, 2.05) is 0 Å². The Morgan fingerprint density at radius 1 is 0.833 bits per heavy atom. The monoisotopic (exact) mass is 254 g/mol. The van der Waals surface area contributed by atoms with Gasteiger partial charge in [0.05, 0.1) is 5.56 Å². The van der Waals surface area contributed by atoms with E-state index in [0.717, 1.165) is 18.2 Å². The van der Waals surface area contributed by atoms with Crippen LogP contribution in [0.1, 0.15) is 5.56 Å². The first-order chi connectivity index (χ1) is 8.39. The van der Waals surface area contributed by atoms with Crippen LogP contribution in [0.2, 0.25) is 0 Å². The van der Waals surface area contributed by atoms with Gasteiger partial charge in [-0.1, -0.05) is 24.3 Å². The predicted octanol–water partition coefficient (Wildman–Crippen LogP) is 3.78. The molecule has 94 valence electrons. The predicted molar refractivity (Wildman–Crippen MR) is 60.2 cm³/mol. The second-order valence-electron chi connectivity index (χ2n) is 3.75. The highest BCUT2D eigenvalue weighted by molar-refractivity contribution is 5.70. The summed E-state index contributed by atoms with van der Waals surface area (Å²) in [5.41, 5.74) is -0.631. The summed E-state index contributed by atoms with van der Waals surface area (Å²) in [7, 11) is 0. The van der Waals surface area contributed by atoms with Gasteiger partial charge in [-0.15, -0.1) is 0 Å². The van der Waals surface area contributed by atoms with Crippen LogP contribution < -0.4 is 0 Å². The second-order valence-corrected chi connectivity index (χ2v) is 3.75. The molecule has 0 spiro atoms. The molecule has 2 N–H and O–H groups in total. The van der Waals surface area contributed by atoms with Crippen LogP contribution in [0.15, 0.2) is 42.5 Å². The van der Waals surface area contributed by atoms with E-state index in [1.165, 1.54) is 24.3 Å². The van der Waals surface area contributed by atoms with Crippen molar-refractivity contribution in [1.82, 2.24) is 0 Å². The Kier molecular flexibility index (Phi) is 2.90. The van der Waals surface area contributed by atoms with Gasteiger partial charge in [-0.25, -0.2) is 0 Å². The van der Waals surface area contributed by atoms with Crippen LogP contribution in [-0.2, 0) is 6.18 Å². The lowest BCUT2D eigenvalue weighted by molar-refractivity contribution is -0.137. The molecule has 0 bridgehead atoms. The summed E-state index contributed by atoms with van der Waals surface area (Å²) in [6.07, 6.45) is -4.47. The molecule has 2 aromatic rings. The minimum Gasteiger partial charge on any atom is -0.504 e. The smallest absolute Gasteiger partial charge is 0.417 e. The number of phenolic OH excluding ortho intramolecular Hbond substituents is 2. The zero-order chi connectivity index (χ0) is 13.3. The number of aromatic hydroxyl groups is 2. The Balaban J connectivity index is 2.61. The van der Waals surface area contributed by atoms with Crippen molar-refractivity contribution in [1.29, 1.82) is 0 Å². The number of rotatable bonds is 1. The normalized spacial score (nSPS) is 11.5. The van der Waals surface area contributed by atoms with Crippen LogP contribution >= 0.6 is 0 Å². The fraction of sp³-hybridized carbons (Fsp3) is 0.0769. The largest absolute Gasteiger partial charge is 0.504 e. The van der Waals surface area contributed by atoms with E-state index in [9.17, 15) is 18.3 Å². The molecular formula is C13H9F3O2. The number of halogens is 3. The lowest BCUT2D eigenvalue weighted by Gasteiger charge is -2.13. The molecule has 2 rings (SSSR count). The Bertz CT molecular complexity index is 577. The van der Waals surface area contributed by atoms with Crippen molar-refractivity contribution in [2.75, 3.05) is 0 Å². The first-order valence-corrected chi connectivity index (χ1v) is 5.08. The fourth-order valence-corrected chi connectivity index (χ4v) is 1.67. The van der Waals surface area contributed by atoms with Gasteiger partial charge >= 0.3 is 6.18 Å². The highest BCUT2D eigenvalue weighted by Gasteiger charge is 2.33. The van der Waals surface area contributed by atoms with Gasteiger partial charge in [0.1, 0.15) is 0 Å². The zero-order valence-corrected chi connectivity index (χ0v) is 9.07. The lowest BCUT2D eigenvalue weighted by atomic mass is 9.99. The van der Waals surface area contributed by atoms with Crippen LogP contribution in [0.5, 0.6) is 11.5 Å². The number of alkyl halides is 3. The van der Waals surface area contributed by atoms with E-state index in [2.05, 4.69) is 0 Å². The third kappa shape index (κ3) is 2.25. The first kappa shape index (κ1) is 12.3. The third-order valence-electron chi connectivity index (χ3n) is 2.52. The molecule has 0 aliphatic heterocycles. The highest BCUT2D eigenvalue weighted by atomic mass is 19.4. The molecule has 0 aromatic heterocycles. The summed E-state index contributed by atoms with van der Waals surface area (Å²) < 4.78 is 38.4. The molecule has 0 aliphatic carbocycles. The molecule has 18 heavy (non-hydrogen) atoms. The summed E-state index contributed by atoms with van der Waals surface area (Å²) in [4.78, 5) is 0. The van der Waals surface area contributed by atoms with E-state index in [0.29, 0.717) is 0 Å². The Morgan fingerprint density at radius 3 is 2.11 bits per heavy atom. The molecular weight excluding hydrogens is 245 g/mol. The number of benzene rings is 2. The van der Waals surface area contributed by atoms with Gasteiger partial charge in [-0.05, 0) is 29.3 Å². The minimum atomic E-state index is -4.47. The average Bonchev–Trinajstić information content (AvgIpc) is 2.32. The molecule has 0 atom stereocenters. The van der Waals surface area contributed by atoms with Crippen molar-refractivity contribution in [2.45, 2.75) is 6.18 Å². The Morgan fingerprint density at radius 2 is 1.50 bits per heavy atom. The molecule has 2 nitrogen and oxygen atoms in total. The van der Waals surface area contributed by atoms with Crippen molar-refractivity contribution in [3.05, 3.63) is 48.0 Å². The van der Waals surface area contributed by atoms with Crippen molar-refractivity contribution in [2.24, 2.45) is 0 Å². The van der Waals surface area contributed by atoms with Crippen LogP contribution in [0.3, 0.4) is 0 Å². The summed E-state index contributed by atoms with van der Waals surface area (Å²) in [5.74, 6) is -0.826. The first-order valence-electron chi connectivity index (χ1n) is 5.08. The minimum absolute atomic E-state index is 0.0414. The average molecular weight is 254 g/mol.